The zero-order valence-electron chi connectivity index (χ0n) is 9.35. The standard InChI is InChI=1S/C10H20F2N2O/c1-10(2,9(13)14)5-3-4-6-15-7-8(11)12/h8H,3-7H2,1-2H3,(H3,13,14). The fourth-order valence-electron chi connectivity index (χ4n) is 1.08. The minimum atomic E-state index is -2.39. The van der Waals surface area contributed by atoms with E-state index in [4.69, 9.17) is 15.9 Å². The fourth-order valence-corrected chi connectivity index (χ4v) is 1.08. The second-order valence-electron chi connectivity index (χ2n) is 4.22. The van der Waals surface area contributed by atoms with Crippen LogP contribution in [0, 0.1) is 10.8 Å². The van der Waals surface area contributed by atoms with Crippen molar-refractivity contribution in [3.63, 3.8) is 0 Å². The highest BCUT2D eigenvalue weighted by atomic mass is 19.3. The molecule has 0 unspecified atom stereocenters. The highest BCUT2D eigenvalue weighted by molar-refractivity contribution is 5.82. The van der Waals surface area contributed by atoms with Crippen LogP contribution in [0.3, 0.4) is 0 Å². The average Bonchev–Trinajstić information content (AvgIpc) is 2.10. The second kappa shape index (κ2) is 6.71. The lowest BCUT2D eigenvalue weighted by Crippen LogP contribution is -2.30. The van der Waals surface area contributed by atoms with Gasteiger partial charge < -0.3 is 10.5 Å². The quantitative estimate of drug-likeness (QED) is 0.376. The fraction of sp³-hybridized carbons (Fsp3) is 0.900. The van der Waals surface area contributed by atoms with Crippen LogP contribution in [0.1, 0.15) is 33.1 Å². The van der Waals surface area contributed by atoms with Crippen molar-refractivity contribution in [2.45, 2.75) is 39.5 Å². The first-order valence-corrected chi connectivity index (χ1v) is 5.06. The van der Waals surface area contributed by atoms with Gasteiger partial charge in [0.2, 0.25) is 0 Å². The lowest BCUT2D eigenvalue weighted by atomic mass is 9.86. The Morgan fingerprint density at radius 2 is 2.00 bits per heavy atom. The third-order valence-corrected chi connectivity index (χ3v) is 2.31. The van der Waals surface area contributed by atoms with E-state index in [1.165, 1.54) is 0 Å². The number of nitrogens with one attached hydrogen (secondary N) is 1. The molecule has 0 aliphatic heterocycles. The van der Waals surface area contributed by atoms with E-state index in [1.807, 2.05) is 13.8 Å². The molecule has 0 aliphatic carbocycles. The second-order valence-corrected chi connectivity index (χ2v) is 4.22. The number of amidine groups is 1. The first kappa shape index (κ1) is 14.3. The maximum Gasteiger partial charge on any atom is 0.261 e. The van der Waals surface area contributed by atoms with Crippen LogP contribution in [0.25, 0.3) is 0 Å². The predicted molar refractivity (Wildman–Crippen MR) is 56.4 cm³/mol. The van der Waals surface area contributed by atoms with E-state index in [-0.39, 0.29) is 11.3 Å². The van der Waals surface area contributed by atoms with Crippen LogP contribution >= 0.6 is 0 Å². The van der Waals surface area contributed by atoms with Crippen LogP contribution in [-0.2, 0) is 4.74 Å². The Labute approximate surface area is 89.5 Å². The van der Waals surface area contributed by atoms with Crippen molar-refractivity contribution < 1.29 is 13.5 Å². The Balaban J connectivity index is 3.43. The van der Waals surface area contributed by atoms with Crippen molar-refractivity contribution in [2.75, 3.05) is 13.2 Å². The van der Waals surface area contributed by atoms with Crippen LogP contribution in [-0.4, -0.2) is 25.5 Å². The molecule has 3 nitrogen and oxygen atoms in total. The van der Waals surface area contributed by atoms with Crippen LogP contribution in [0.2, 0.25) is 0 Å². The van der Waals surface area contributed by atoms with Gasteiger partial charge in [-0.25, -0.2) is 8.78 Å². The molecule has 0 radical (unpaired) electrons. The summed E-state index contributed by atoms with van der Waals surface area (Å²) in [6.45, 7) is 3.65. The van der Waals surface area contributed by atoms with E-state index < -0.39 is 13.0 Å². The molecular weight excluding hydrogens is 202 g/mol. The molecule has 0 amide bonds. The Hall–Kier alpha value is -0.710. The van der Waals surface area contributed by atoms with Gasteiger partial charge in [0.1, 0.15) is 6.61 Å². The van der Waals surface area contributed by atoms with Gasteiger partial charge >= 0.3 is 0 Å². The number of alkyl halides is 2. The van der Waals surface area contributed by atoms with E-state index in [9.17, 15) is 8.78 Å². The van der Waals surface area contributed by atoms with Crippen LogP contribution < -0.4 is 5.73 Å². The lowest BCUT2D eigenvalue weighted by Gasteiger charge is -2.22. The lowest BCUT2D eigenvalue weighted by molar-refractivity contribution is 0.0159. The van der Waals surface area contributed by atoms with E-state index in [0.717, 1.165) is 19.3 Å². The highest BCUT2D eigenvalue weighted by Crippen LogP contribution is 2.22. The van der Waals surface area contributed by atoms with Crippen LogP contribution in [0.5, 0.6) is 0 Å². The number of halogens is 2. The van der Waals surface area contributed by atoms with Crippen molar-refractivity contribution in [2.24, 2.45) is 11.1 Å². The molecule has 0 saturated heterocycles. The van der Waals surface area contributed by atoms with Gasteiger partial charge in [-0.3, -0.25) is 5.41 Å². The van der Waals surface area contributed by atoms with Gasteiger partial charge in [0.25, 0.3) is 6.43 Å². The molecule has 0 bridgehead atoms. The topological polar surface area (TPSA) is 59.1 Å². The Morgan fingerprint density at radius 1 is 1.40 bits per heavy atom. The third kappa shape index (κ3) is 7.25. The first-order chi connectivity index (χ1) is 6.86. The maximum atomic E-state index is 11.7. The van der Waals surface area contributed by atoms with Gasteiger partial charge in [-0.1, -0.05) is 20.3 Å². The van der Waals surface area contributed by atoms with Crippen molar-refractivity contribution in [1.29, 1.82) is 5.41 Å². The maximum absolute atomic E-state index is 11.7. The third-order valence-electron chi connectivity index (χ3n) is 2.31. The molecule has 0 aliphatic rings. The van der Waals surface area contributed by atoms with Crippen molar-refractivity contribution in [3.8, 4) is 0 Å². The summed E-state index contributed by atoms with van der Waals surface area (Å²) in [6, 6.07) is 0. The Bertz CT molecular complexity index is 196. The average molecular weight is 222 g/mol. The van der Waals surface area contributed by atoms with Gasteiger partial charge in [0.05, 0.1) is 5.84 Å². The van der Waals surface area contributed by atoms with E-state index >= 15 is 0 Å². The number of unbranched alkanes of at least 4 members (excludes halogenated alkanes) is 1. The largest absolute Gasteiger partial charge is 0.387 e. The minimum absolute atomic E-state index is 0.163. The van der Waals surface area contributed by atoms with E-state index in [1.54, 1.807) is 0 Å². The SMILES string of the molecule is CC(C)(CCCCOCC(F)F)C(=N)N. The summed E-state index contributed by atoms with van der Waals surface area (Å²) in [6.07, 6.45) is -0.0572. The Kier molecular flexibility index (Phi) is 6.40. The summed E-state index contributed by atoms with van der Waals surface area (Å²) in [5.74, 6) is 0.163. The molecule has 0 aromatic heterocycles. The molecule has 0 aromatic carbocycles. The van der Waals surface area contributed by atoms with Crippen molar-refractivity contribution in [3.05, 3.63) is 0 Å². The zero-order chi connectivity index (χ0) is 11.9. The Morgan fingerprint density at radius 3 is 2.47 bits per heavy atom. The van der Waals surface area contributed by atoms with Crippen molar-refractivity contribution >= 4 is 5.84 Å². The number of hydrogen-bond acceptors (Lipinski definition) is 2. The summed E-state index contributed by atoms with van der Waals surface area (Å²) in [7, 11) is 0. The van der Waals surface area contributed by atoms with E-state index in [2.05, 4.69) is 0 Å². The summed E-state index contributed by atoms with van der Waals surface area (Å²) < 4.78 is 28.1. The molecule has 0 aromatic rings. The van der Waals surface area contributed by atoms with Crippen molar-refractivity contribution in [1.82, 2.24) is 0 Å². The number of nitrogens with two attached hydrogens (primary N) is 1. The van der Waals surface area contributed by atoms with Gasteiger partial charge in [-0.2, -0.15) is 0 Å². The van der Waals surface area contributed by atoms with Gasteiger partial charge in [0.15, 0.2) is 0 Å². The smallest absolute Gasteiger partial charge is 0.261 e. The normalized spacial score (nSPS) is 12.1. The number of rotatable bonds is 8. The minimum Gasteiger partial charge on any atom is -0.387 e. The molecule has 0 atom stereocenters. The molecule has 0 spiro atoms. The van der Waals surface area contributed by atoms with Gasteiger partial charge in [0, 0.05) is 12.0 Å². The predicted octanol–water partition coefficient (Wildman–Crippen LogP) is 2.40. The molecular formula is C10H20F2N2O. The molecule has 0 saturated carbocycles. The molecule has 5 heteroatoms. The van der Waals surface area contributed by atoms with Crippen LogP contribution in [0.15, 0.2) is 0 Å². The zero-order valence-corrected chi connectivity index (χ0v) is 9.35. The monoisotopic (exact) mass is 222 g/mol. The first-order valence-electron chi connectivity index (χ1n) is 5.06. The molecule has 90 valence electrons. The molecule has 3 N–H and O–H groups in total. The summed E-state index contributed by atoms with van der Waals surface area (Å²) in [4.78, 5) is 0. The summed E-state index contributed by atoms with van der Waals surface area (Å²) in [5, 5.41) is 7.32. The summed E-state index contributed by atoms with van der Waals surface area (Å²) >= 11 is 0. The van der Waals surface area contributed by atoms with Gasteiger partial charge in [-0.05, 0) is 12.8 Å². The number of ether oxygens (including phenoxy) is 1. The summed E-state index contributed by atoms with van der Waals surface area (Å²) in [5.41, 5.74) is 5.10. The van der Waals surface area contributed by atoms with Crippen LogP contribution in [0.4, 0.5) is 8.78 Å². The molecule has 15 heavy (non-hydrogen) atoms. The van der Waals surface area contributed by atoms with Gasteiger partial charge in [-0.15, -0.1) is 0 Å². The molecule has 0 rings (SSSR count). The van der Waals surface area contributed by atoms with E-state index in [0.29, 0.717) is 6.61 Å². The number of hydrogen-bond donors (Lipinski definition) is 2. The highest BCUT2D eigenvalue weighted by Gasteiger charge is 2.20. The molecule has 0 heterocycles. The molecule has 0 fully saturated rings.